The molecule has 1 fully saturated rings. The van der Waals surface area contributed by atoms with Crippen molar-refractivity contribution in [1.29, 1.82) is 0 Å². The number of hydrogen-bond acceptors (Lipinski definition) is 8. The summed E-state index contributed by atoms with van der Waals surface area (Å²) in [7, 11) is 0. The second-order valence-electron chi connectivity index (χ2n) is 11.4. The Bertz CT molecular complexity index is 1320. The molecule has 1 saturated heterocycles. The molecular weight excluding hydrogens is 486 g/mol. The van der Waals surface area contributed by atoms with E-state index in [-0.39, 0.29) is 52.1 Å². The van der Waals surface area contributed by atoms with Gasteiger partial charge in [-0.25, -0.2) is 0 Å². The maximum atomic E-state index is 13.5. The minimum absolute atomic E-state index is 0.0544. The highest BCUT2D eigenvalue weighted by atomic mass is 16.5. The highest BCUT2D eigenvalue weighted by Gasteiger charge is 2.48. The van der Waals surface area contributed by atoms with E-state index in [2.05, 4.69) is 0 Å². The molecular formula is C30H35NO7. The summed E-state index contributed by atoms with van der Waals surface area (Å²) in [4.78, 5) is 40.2. The monoisotopic (exact) mass is 521 g/mol. The molecule has 0 radical (unpaired) electrons. The molecule has 2 aromatic carbocycles. The molecule has 38 heavy (non-hydrogen) atoms. The number of fused-ring (bicyclic) bond motifs is 3. The van der Waals surface area contributed by atoms with Crippen LogP contribution in [0.4, 0.5) is 0 Å². The van der Waals surface area contributed by atoms with Gasteiger partial charge < -0.3 is 25.8 Å². The summed E-state index contributed by atoms with van der Waals surface area (Å²) in [6, 6.07) is 5.88. The second kappa shape index (κ2) is 9.59. The number of phenols is 2. The van der Waals surface area contributed by atoms with Gasteiger partial charge in [0, 0.05) is 40.6 Å². The Morgan fingerprint density at radius 1 is 1.11 bits per heavy atom. The van der Waals surface area contributed by atoms with Gasteiger partial charge in [-0.3, -0.25) is 14.4 Å². The summed E-state index contributed by atoms with van der Waals surface area (Å²) in [5.41, 5.74) is 5.98. The Balaban J connectivity index is 1.67. The second-order valence-corrected chi connectivity index (χ2v) is 11.4. The molecule has 8 nitrogen and oxygen atoms in total. The van der Waals surface area contributed by atoms with Gasteiger partial charge in [0.25, 0.3) is 0 Å². The van der Waals surface area contributed by atoms with E-state index in [0.29, 0.717) is 43.2 Å². The van der Waals surface area contributed by atoms with Crippen LogP contribution in [0.2, 0.25) is 0 Å². The zero-order valence-corrected chi connectivity index (χ0v) is 22.0. The third-order valence-corrected chi connectivity index (χ3v) is 8.66. The lowest BCUT2D eigenvalue weighted by molar-refractivity contribution is -0.129. The Kier molecular flexibility index (Phi) is 6.70. The van der Waals surface area contributed by atoms with Gasteiger partial charge in [-0.05, 0) is 44.4 Å². The molecule has 5 rings (SSSR count). The maximum absolute atomic E-state index is 13.5. The van der Waals surface area contributed by atoms with E-state index in [4.69, 9.17) is 10.5 Å². The molecule has 0 bridgehead atoms. The minimum Gasteiger partial charge on any atom is -0.507 e. The summed E-state index contributed by atoms with van der Waals surface area (Å²) >= 11 is 0. The molecule has 1 heterocycles. The number of Topliss-reactive ketones (excluding diaryl/α,β-unsaturated/α-hetero) is 1. The fraction of sp³-hybridized carbons (Fsp3) is 0.500. The van der Waals surface area contributed by atoms with Crippen LogP contribution in [0.25, 0.3) is 0 Å². The summed E-state index contributed by atoms with van der Waals surface area (Å²) in [6.07, 6.45) is 0.676. The molecule has 202 valence electrons. The molecule has 0 aromatic heterocycles. The Morgan fingerprint density at radius 3 is 2.29 bits per heavy atom. The number of carbonyl (C=O) groups is 3. The molecule has 2 unspecified atom stereocenters. The van der Waals surface area contributed by atoms with Crippen LogP contribution in [0.15, 0.2) is 24.3 Å². The molecule has 1 aliphatic heterocycles. The van der Waals surface area contributed by atoms with Gasteiger partial charge in [0.05, 0.1) is 29.4 Å². The topological polar surface area (TPSA) is 147 Å². The zero-order valence-electron chi connectivity index (χ0n) is 22.0. The van der Waals surface area contributed by atoms with Crippen LogP contribution < -0.4 is 5.73 Å². The quantitative estimate of drug-likeness (QED) is 0.374. The van der Waals surface area contributed by atoms with Crippen LogP contribution >= 0.6 is 0 Å². The minimum atomic E-state index is -0.870. The van der Waals surface area contributed by atoms with Crippen molar-refractivity contribution in [2.24, 2.45) is 11.7 Å². The highest BCUT2D eigenvalue weighted by Crippen LogP contribution is 2.54. The van der Waals surface area contributed by atoms with Crippen molar-refractivity contribution >= 4 is 17.3 Å². The van der Waals surface area contributed by atoms with Crippen LogP contribution in [0.3, 0.4) is 0 Å². The number of ether oxygens (including phenoxy) is 1. The fourth-order valence-corrected chi connectivity index (χ4v) is 6.91. The van der Waals surface area contributed by atoms with Crippen LogP contribution in [0.1, 0.15) is 95.8 Å². The average Bonchev–Trinajstić information content (AvgIpc) is 2.87. The van der Waals surface area contributed by atoms with E-state index in [0.717, 1.165) is 0 Å². The first-order valence-electron chi connectivity index (χ1n) is 13.4. The van der Waals surface area contributed by atoms with E-state index < -0.39 is 41.1 Å². The highest BCUT2D eigenvalue weighted by molar-refractivity contribution is 6.30. The van der Waals surface area contributed by atoms with Crippen LogP contribution in [-0.2, 0) is 21.4 Å². The fourth-order valence-electron chi connectivity index (χ4n) is 6.91. The number of benzene rings is 2. The summed E-state index contributed by atoms with van der Waals surface area (Å²) in [6.45, 7) is 5.58. The third kappa shape index (κ3) is 4.06. The number of aliphatic hydroxyl groups excluding tert-OH is 1. The summed E-state index contributed by atoms with van der Waals surface area (Å²) in [5.74, 6) is -2.09. The number of hydrogen-bond donors (Lipinski definition) is 4. The number of carbonyl (C=O) groups excluding carboxylic acids is 3. The molecule has 8 heteroatoms. The van der Waals surface area contributed by atoms with E-state index in [1.165, 1.54) is 12.1 Å². The molecule has 2 aliphatic carbocycles. The van der Waals surface area contributed by atoms with Gasteiger partial charge in [0.15, 0.2) is 11.6 Å². The SMILES string of the molecule is CCCC(=O)C1Cc2c(O)c3c(c(O)c2C(C)(C[C@H]2C[C@H](N)[C@H](O)[C@H](C)O2)C1)C(=O)c1ccccc1C3=O. The maximum Gasteiger partial charge on any atom is 0.198 e. The van der Waals surface area contributed by atoms with E-state index in [1.807, 2.05) is 13.8 Å². The van der Waals surface area contributed by atoms with E-state index in [9.17, 15) is 29.7 Å². The first-order chi connectivity index (χ1) is 18.0. The summed E-state index contributed by atoms with van der Waals surface area (Å²) in [5, 5.41) is 33.5. The lowest BCUT2D eigenvalue weighted by atomic mass is 9.61. The van der Waals surface area contributed by atoms with Gasteiger partial charge in [-0.1, -0.05) is 38.1 Å². The number of phenolic OH excluding ortho intramolecular Hbond substituents is 2. The largest absolute Gasteiger partial charge is 0.507 e. The predicted molar refractivity (Wildman–Crippen MR) is 140 cm³/mol. The molecule has 0 spiro atoms. The number of ketones is 3. The Hall–Kier alpha value is -3.07. The van der Waals surface area contributed by atoms with Crippen molar-refractivity contribution in [2.75, 3.05) is 0 Å². The molecule has 2 aromatic rings. The molecule has 3 aliphatic rings. The Morgan fingerprint density at radius 2 is 1.71 bits per heavy atom. The third-order valence-electron chi connectivity index (χ3n) is 8.66. The molecule has 0 saturated carbocycles. The predicted octanol–water partition coefficient (Wildman–Crippen LogP) is 3.32. The standard InChI is InChI=1S/C30H35NO7/c1-4-7-21(32)15-10-19-24(30(3,12-15)13-16-11-20(31)25(33)14(2)38-16)29(37)23-22(28(19)36)26(34)17-8-5-6-9-18(17)27(23)35/h5-6,8-9,14-16,20,25,33,36-37H,4,7,10-13,31H2,1-3H3/t14-,15?,16+,20-,25+,30?/m0/s1. The average molecular weight is 522 g/mol. The van der Waals surface area contributed by atoms with Crippen LogP contribution in [-0.4, -0.2) is 57.0 Å². The normalized spacial score (nSPS) is 30.4. The lowest BCUT2D eigenvalue weighted by Gasteiger charge is -2.45. The molecule has 5 N–H and O–H groups in total. The number of aliphatic hydroxyl groups is 1. The van der Waals surface area contributed by atoms with Crippen molar-refractivity contribution in [3.05, 3.63) is 57.6 Å². The van der Waals surface area contributed by atoms with Crippen molar-refractivity contribution in [3.63, 3.8) is 0 Å². The molecule has 6 atom stereocenters. The zero-order chi connectivity index (χ0) is 27.5. The van der Waals surface area contributed by atoms with Crippen molar-refractivity contribution in [1.82, 2.24) is 0 Å². The lowest BCUT2D eigenvalue weighted by Crippen LogP contribution is -2.52. The van der Waals surface area contributed by atoms with Gasteiger partial charge in [0.2, 0.25) is 0 Å². The van der Waals surface area contributed by atoms with Gasteiger partial charge >= 0.3 is 0 Å². The number of aromatic hydroxyl groups is 2. The van der Waals surface area contributed by atoms with E-state index >= 15 is 0 Å². The first kappa shape index (κ1) is 26.5. The summed E-state index contributed by atoms with van der Waals surface area (Å²) < 4.78 is 6.08. The first-order valence-corrected chi connectivity index (χ1v) is 13.4. The van der Waals surface area contributed by atoms with E-state index in [1.54, 1.807) is 19.1 Å². The van der Waals surface area contributed by atoms with Gasteiger partial charge in [0.1, 0.15) is 17.3 Å². The Labute approximate surface area is 221 Å². The number of rotatable bonds is 5. The van der Waals surface area contributed by atoms with Crippen molar-refractivity contribution in [2.45, 2.75) is 89.1 Å². The molecule has 0 amide bonds. The van der Waals surface area contributed by atoms with Crippen molar-refractivity contribution in [3.8, 4) is 11.5 Å². The van der Waals surface area contributed by atoms with Crippen LogP contribution in [0, 0.1) is 5.92 Å². The van der Waals surface area contributed by atoms with Crippen molar-refractivity contribution < 1.29 is 34.4 Å². The number of nitrogens with two attached hydrogens (primary N) is 1. The van der Waals surface area contributed by atoms with Gasteiger partial charge in [-0.15, -0.1) is 0 Å². The smallest absolute Gasteiger partial charge is 0.198 e. The van der Waals surface area contributed by atoms with Gasteiger partial charge in [-0.2, -0.15) is 0 Å². The van der Waals surface area contributed by atoms with Crippen LogP contribution in [0.5, 0.6) is 11.5 Å².